The number of aromatic hydroxyl groups is 1. The van der Waals surface area contributed by atoms with Crippen molar-refractivity contribution in [2.75, 3.05) is 17.3 Å². The summed E-state index contributed by atoms with van der Waals surface area (Å²) in [4.78, 5) is 34.0. The smallest absolute Gasteiger partial charge is 0.277 e. The molecule has 4 aromatic rings. The molecule has 0 bridgehead atoms. The minimum atomic E-state index is -1.17. The van der Waals surface area contributed by atoms with Crippen LogP contribution < -0.4 is 19.7 Å². The number of hydrogen-bond acceptors (Lipinski definition) is 7. The van der Waals surface area contributed by atoms with Crippen molar-refractivity contribution in [1.29, 1.82) is 0 Å². The number of anilines is 2. The Morgan fingerprint density at radius 1 is 1.05 bits per heavy atom. The molecule has 2 N–H and O–H groups in total. The molecule has 2 heterocycles. The third-order valence-corrected chi connectivity index (χ3v) is 7.93. The molecule has 0 unspecified atom stereocenters. The number of ether oxygens (including phenoxy) is 2. The number of pyridine rings is 1. The van der Waals surface area contributed by atoms with Gasteiger partial charge in [0.15, 0.2) is 5.78 Å². The number of phenols is 1. The highest BCUT2D eigenvalue weighted by Gasteiger charge is 2.45. The SMILES string of the molecule is COc1ccnc(C(=O)N2c3cccc(O)c3NC3=C(C(=O)CC(C)(C)C3)[C@@H]2c2ccc(OCc3ccccc3)cc2F)c1. The second kappa shape index (κ2) is 11.5. The van der Waals surface area contributed by atoms with Gasteiger partial charge in [-0.1, -0.05) is 50.2 Å². The van der Waals surface area contributed by atoms with Gasteiger partial charge < -0.3 is 19.9 Å². The Labute approximate surface area is 254 Å². The average molecular weight is 594 g/mol. The maximum Gasteiger partial charge on any atom is 0.277 e. The largest absolute Gasteiger partial charge is 0.506 e. The normalized spacial score (nSPS) is 17.2. The second-order valence-electron chi connectivity index (χ2n) is 11.7. The number of phenolic OH excluding ortho intramolecular Hbond substituents is 1. The lowest BCUT2D eigenvalue weighted by Crippen LogP contribution is -2.40. The fourth-order valence-electron chi connectivity index (χ4n) is 5.90. The number of halogens is 1. The molecule has 0 spiro atoms. The van der Waals surface area contributed by atoms with Gasteiger partial charge in [-0.05, 0) is 47.7 Å². The third-order valence-electron chi connectivity index (χ3n) is 7.93. The van der Waals surface area contributed by atoms with E-state index < -0.39 is 23.2 Å². The Hall–Kier alpha value is -5.18. The molecular weight excluding hydrogens is 561 g/mol. The highest BCUT2D eigenvalue weighted by atomic mass is 19.1. The first-order valence-electron chi connectivity index (χ1n) is 14.3. The number of aromatic nitrogens is 1. The van der Waals surface area contributed by atoms with Crippen molar-refractivity contribution in [2.24, 2.45) is 5.41 Å². The highest BCUT2D eigenvalue weighted by Crippen LogP contribution is 2.51. The molecule has 1 amide bonds. The van der Waals surface area contributed by atoms with Gasteiger partial charge in [0.2, 0.25) is 0 Å². The van der Waals surface area contributed by atoms with Crippen molar-refractivity contribution in [2.45, 2.75) is 39.3 Å². The molecule has 0 radical (unpaired) electrons. The molecule has 0 saturated heterocycles. The molecule has 1 aliphatic carbocycles. The number of para-hydroxylation sites is 1. The highest BCUT2D eigenvalue weighted by molar-refractivity contribution is 6.11. The van der Waals surface area contributed by atoms with Crippen molar-refractivity contribution in [3.05, 3.63) is 119 Å². The molecule has 6 rings (SSSR count). The monoisotopic (exact) mass is 593 g/mol. The molecule has 2 aliphatic rings. The standard InChI is InChI=1S/C35H32FN3O5/c1-35(2)18-27-31(30(41)19-35)33(24-13-12-23(16-25(24)36)44-20-21-8-5-4-6-9-21)39(28-10-7-11-29(40)32(28)38-27)34(42)26-17-22(43-3)14-15-37-26/h4-17,33,38,40H,18-20H2,1-3H3/t33-/m0/s1. The maximum atomic E-state index is 16.3. The van der Waals surface area contributed by atoms with Crippen LogP contribution in [0.3, 0.4) is 0 Å². The third kappa shape index (κ3) is 5.48. The van der Waals surface area contributed by atoms with Crippen molar-refractivity contribution >= 4 is 23.1 Å². The van der Waals surface area contributed by atoms with E-state index in [4.69, 9.17) is 9.47 Å². The van der Waals surface area contributed by atoms with Gasteiger partial charge in [-0.2, -0.15) is 0 Å². The van der Waals surface area contributed by atoms with Crippen LogP contribution in [0.1, 0.15) is 54.3 Å². The number of carbonyl (C=O) groups is 2. The van der Waals surface area contributed by atoms with Gasteiger partial charge in [-0.3, -0.25) is 19.5 Å². The number of methoxy groups -OCH3 is 1. The Balaban J connectivity index is 1.53. The van der Waals surface area contributed by atoms with Crippen LogP contribution in [-0.4, -0.2) is 28.9 Å². The van der Waals surface area contributed by atoms with Crippen LogP contribution in [0.15, 0.2) is 96.3 Å². The lowest BCUT2D eigenvalue weighted by molar-refractivity contribution is -0.118. The van der Waals surface area contributed by atoms with Crippen LogP contribution in [0.25, 0.3) is 0 Å². The zero-order valence-corrected chi connectivity index (χ0v) is 24.6. The van der Waals surface area contributed by atoms with E-state index in [9.17, 15) is 14.7 Å². The minimum Gasteiger partial charge on any atom is -0.506 e. The molecule has 8 nitrogen and oxygen atoms in total. The lowest BCUT2D eigenvalue weighted by atomic mass is 9.73. The van der Waals surface area contributed by atoms with Gasteiger partial charge in [0, 0.05) is 41.6 Å². The summed E-state index contributed by atoms with van der Waals surface area (Å²) in [6.45, 7) is 4.20. The lowest BCUT2D eigenvalue weighted by Gasteiger charge is -2.37. The summed E-state index contributed by atoms with van der Waals surface area (Å²) in [6, 6.07) is 20.6. The maximum absolute atomic E-state index is 16.3. The van der Waals surface area contributed by atoms with Gasteiger partial charge in [0.1, 0.15) is 41.1 Å². The minimum absolute atomic E-state index is 0.0273. The number of fused-ring (bicyclic) bond motifs is 1. The fraction of sp³-hybridized carbons (Fsp3) is 0.229. The second-order valence-corrected chi connectivity index (χ2v) is 11.7. The van der Waals surface area contributed by atoms with E-state index in [1.807, 2.05) is 44.2 Å². The number of allylic oxidation sites excluding steroid dienone is 1. The molecule has 3 aromatic carbocycles. The number of ketones is 1. The van der Waals surface area contributed by atoms with Gasteiger partial charge in [0.25, 0.3) is 5.91 Å². The van der Waals surface area contributed by atoms with E-state index in [0.717, 1.165) is 5.56 Å². The van der Waals surface area contributed by atoms with Gasteiger partial charge >= 0.3 is 0 Å². The van der Waals surface area contributed by atoms with Gasteiger partial charge in [-0.15, -0.1) is 0 Å². The van der Waals surface area contributed by atoms with Crippen molar-refractivity contribution in [3.8, 4) is 17.2 Å². The summed E-state index contributed by atoms with van der Waals surface area (Å²) < 4.78 is 27.5. The van der Waals surface area contributed by atoms with Crippen LogP contribution in [0.2, 0.25) is 0 Å². The van der Waals surface area contributed by atoms with Crippen molar-refractivity contribution < 1.29 is 28.6 Å². The average Bonchev–Trinajstić information content (AvgIpc) is 3.15. The first kappa shape index (κ1) is 28.9. The Kier molecular flexibility index (Phi) is 7.55. The van der Waals surface area contributed by atoms with Crippen LogP contribution in [0.4, 0.5) is 15.8 Å². The molecule has 1 atom stereocenters. The van der Waals surface area contributed by atoms with E-state index in [2.05, 4.69) is 10.3 Å². The van der Waals surface area contributed by atoms with Crippen LogP contribution in [0.5, 0.6) is 17.2 Å². The van der Waals surface area contributed by atoms with E-state index in [-0.39, 0.29) is 52.8 Å². The topological polar surface area (TPSA) is 101 Å². The number of rotatable bonds is 6. The Morgan fingerprint density at radius 3 is 2.59 bits per heavy atom. The first-order valence-corrected chi connectivity index (χ1v) is 14.3. The van der Waals surface area contributed by atoms with Gasteiger partial charge in [-0.25, -0.2) is 4.39 Å². The number of benzene rings is 3. The van der Waals surface area contributed by atoms with Crippen LogP contribution in [-0.2, 0) is 11.4 Å². The van der Waals surface area contributed by atoms with Crippen molar-refractivity contribution in [1.82, 2.24) is 4.98 Å². The number of nitrogens with zero attached hydrogens (tertiary/aromatic N) is 2. The predicted octanol–water partition coefficient (Wildman–Crippen LogP) is 6.97. The molecule has 1 aliphatic heterocycles. The molecular formula is C35H32FN3O5. The molecule has 0 saturated carbocycles. The Morgan fingerprint density at radius 2 is 1.84 bits per heavy atom. The van der Waals surface area contributed by atoms with Gasteiger partial charge in [0.05, 0.1) is 18.8 Å². The quantitative estimate of drug-likeness (QED) is 0.233. The zero-order chi connectivity index (χ0) is 31.0. The predicted molar refractivity (Wildman–Crippen MR) is 164 cm³/mol. The first-order chi connectivity index (χ1) is 21.1. The molecule has 224 valence electrons. The summed E-state index contributed by atoms with van der Waals surface area (Å²) in [6.07, 6.45) is 2.09. The fourth-order valence-corrected chi connectivity index (χ4v) is 5.90. The molecule has 44 heavy (non-hydrogen) atoms. The molecule has 9 heteroatoms. The molecule has 1 aromatic heterocycles. The zero-order valence-electron chi connectivity index (χ0n) is 24.6. The summed E-state index contributed by atoms with van der Waals surface area (Å²) in [5.41, 5.74) is 1.95. The van der Waals surface area contributed by atoms with E-state index >= 15 is 4.39 Å². The van der Waals surface area contributed by atoms with Crippen LogP contribution in [0, 0.1) is 11.2 Å². The number of hydrogen-bond donors (Lipinski definition) is 2. The number of nitrogens with one attached hydrogen (secondary N) is 1. The summed E-state index contributed by atoms with van der Waals surface area (Å²) >= 11 is 0. The molecule has 0 fully saturated rings. The van der Waals surface area contributed by atoms with E-state index in [1.54, 1.807) is 30.3 Å². The van der Waals surface area contributed by atoms with Crippen LogP contribution >= 0.6 is 0 Å². The number of Topliss-reactive ketones (excluding diaryl/α,β-unsaturated/α-hetero) is 1. The summed E-state index contributed by atoms with van der Waals surface area (Å²) in [5.74, 6) is -0.876. The Bertz CT molecular complexity index is 1790. The number of amides is 1. The summed E-state index contributed by atoms with van der Waals surface area (Å²) in [7, 11) is 1.48. The van der Waals surface area contributed by atoms with E-state index in [1.165, 1.54) is 36.4 Å². The van der Waals surface area contributed by atoms with Crippen molar-refractivity contribution in [3.63, 3.8) is 0 Å². The summed E-state index contributed by atoms with van der Waals surface area (Å²) in [5, 5.41) is 14.3. The number of carbonyl (C=O) groups excluding carboxylic acids is 2. The van der Waals surface area contributed by atoms with E-state index in [0.29, 0.717) is 23.6 Å².